The molecule has 4 heteroatoms. The van der Waals surface area contributed by atoms with Crippen LogP contribution in [0.25, 0.3) is 0 Å². The molecule has 0 aromatic heterocycles. The van der Waals surface area contributed by atoms with Crippen molar-refractivity contribution in [1.82, 2.24) is 0 Å². The van der Waals surface area contributed by atoms with Crippen LogP contribution in [0, 0.1) is 0 Å². The topological polar surface area (TPSA) is 47.7 Å². The van der Waals surface area contributed by atoms with Crippen molar-refractivity contribution in [2.75, 3.05) is 30.4 Å². The van der Waals surface area contributed by atoms with Gasteiger partial charge in [-0.2, -0.15) is 0 Å². The fourth-order valence-electron chi connectivity index (χ4n) is 2.17. The molecule has 4 nitrogen and oxygen atoms in total. The van der Waals surface area contributed by atoms with Gasteiger partial charge in [0.2, 0.25) is 0 Å². The molecule has 2 rings (SSSR count). The van der Waals surface area contributed by atoms with Gasteiger partial charge in [-0.15, -0.1) is 0 Å². The van der Waals surface area contributed by atoms with Crippen molar-refractivity contribution in [3.8, 4) is 5.75 Å². The molecule has 2 N–H and O–H groups in total. The number of hydrogen-bond acceptors (Lipinski definition) is 4. The van der Waals surface area contributed by atoms with Crippen LogP contribution < -0.4 is 15.4 Å². The Kier molecular flexibility index (Phi) is 3.97. The van der Waals surface area contributed by atoms with Gasteiger partial charge in [0.25, 0.3) is 0 Å². The van der Waals surface area contributed by atoms with Gasteiger partial charge in [-0.25, -0.2) is 0 Å². The van der Waals surface area contributed by atoms with E-state index in [0.29, 0.717) is 11.7 Å². The number of benzene rings is 1. The summed E-state index contributed by atoms with van der Waals surface area (Å²) in [6.07, 6.45) is 0.129. The number of hydrogen-bond donors (Lipinski definition) is 1. The Balaban J connectivity index is 2.22. The van der Waals surface area contributed by atoms with Crippen LogP contribution in [-0.2, 0) is 4.74 Å². The number of nitrogen functional groups attached to an aromatic ring is 1. The van der Waals surface area contributed by atoms with Crippen molar-refractivity contribution in [2.45, 2.75) is 32.9 Å². The Morgan fingerprint density at radius 1 is 1.44 bits per heavy atom. The van der Waals surface area contributed by atoms with Crippen LogP contribution >= 0.6 is 0 Å². The number of morpholine rings is 1. The minimum Gasteiger partial charge on any atom is -0.489 e. The van der Waals surface area contributed by atoms with E-state index in [1.54, 1.807) is 0 Å². The molecule has 1 saturated heterocycles. The zero-order valence-corrected chi connectivity index (χ0v) is 11.3. The molecule has 0 bridgehead atoms. The van der Waals surface area contributed by atoms with Gasteiger partial charge in [0.05, 0.1) is 25.0 Å². The smallest absolute Gasteiger partial charge is 0.144 e. The third-order valence-corrected chi connectivity index (χ3v) is 3.06. The van der Waals surface area contributed by atoms with E-state index < -0.39 is 0 Å². The first-order valence-electron chi connectivity index (χ1n) is 6.48. The summed E-state index contributed by atoms with van der Waals surface area (Å²) < 4.78 is 11.2. The van der Waals surface area contributed by atoms with Crippen LogP contribution in [0.3, 0.4) is 0 Å². The Morgan fingerprint density at radius 3 is 2.89 bits per heavy atom. The number of nitrogens with two attached hydrogens (primary N) is 1. The summed E-state index contributed by atoms with van der Waals surface area (Å²) in [4.78, 5) is 2.33. The largest absolute Gasteiger partial charge is 0.489 e. The maximum absolute atomic E-state index is 5.93. The number of anilines is 2. The van der Waals surface area contributed by atoms with E-state index in [0.717, 1.165) is 31.2 Å². The van der Waals surface area contributed by atoms with Gasteiger partial charge in [0.1, 0.15) is 5.75 Å². The van der Waals surface area contributed by atoms with Crippen LogP contribution in [0.15, 0.2) is 18.2 Å². The molecule has 0 saturated carbocycles. The summed E-state index contributed by atoms with van der Waals surface area (Å²) in [5.41, 5.74) is 7.77. The molecule has 1 aliphatic heterocycles. The van der Waals surface area contributed by atoms with Crippen LogP contribution in [0.4, 0.5) is 11.4 Å². The van der Waals surface area contributed by atoms with E-state index in [1.165, 1.54) is 0 Å². The molecule has 1 atom stereocenters. The van der Waals surface area contributed by atoms with E-state index in [9.17, 15) is 0 Å². The number of ether oxygens (including phenoxy) is 2. The molecule has 1 aromatic rings. The van der Waals surface area contributed by atoms with Crippen LogP contribution in [0.1, 0.15) is 20.8 Å². The van der Waals surface area contributed by atoms with Crippen molar-refractivity contribution in [3.05, 3.63) is 18.2 Å². The number of nitrogens with zero attached hydrogens (tertiary/aromatic N) is 1. The number of rotatable bonds is 3. The summed E-state index contributed by atoms with van der Waals surface area (Å²) in [6.45, 7) is 8.62. The lowest BCUT2D eigenvalue weighted by Gasteiger charge is -2.35. The predicted octanol–water partition coefficient (Wildman–Crippen LogP) is 2.28. The van der Waals surface area contributed by atoms with Crippen molar-refractivity contribution >= 4 is 11.4 Å². The highest BCUT2D eigenvalue weighted by Gasteiger charge is 2.20. The third kappa shape index (κ3) is 2.88. The molecule has 1 heterocycles. The second-order valence-corrected chi connectivity index (χ2v) is 5.01. The van der Waals surface area contributed by atoms with Crippen molar-refractivity contribution in [1.29, 1.82) is 0 Å². The zero-order valence-electron chi connectivity index (χ0n) is 11.3. The van der Waals surface area contributed by atoms with Crippen LogP contribution in [0.5, 0.6) is 5.75 Å². The fraction of sp³-hybridized carbons (Fsp3) is 0.571. The monoisotopic (exact) mass is 250 g/mol. The highest BCUT2D eigenvalue weighted by atomic mass is 16.5. The van der Waals surface area contributed by atoms with Gasteiger partial charge in [-0.05, 0) is 32.9 Å². The molecule has 18 heavy (non-hydrogen) atoms. The molecular formula is C14H22N2O2. The molecule has 1 fully saturated rings. The SMILES string of the molecule is CC(C)Oc1cc(N2CCOCC2C)ccc1N. The lowest BCUT2D eigenvalue weighted by molar-refractivity contribution is 0.0989. The summed E-state index contributed by atoms with van der Waals surface area (Å²) in [5, 5.41) is 0. The van der Waals surface area contributed by atoms with E-state index in [-0.39, 0.29) is 6.10 Å². The summed E-state index contributed by atoms with van der Waals surface area (Å²) in [7, 11) is 0. The Labute approximate surface area is 109 Å². The Hall–Kier alpha value is -1.42. The van der Waals surface area contributed by atoms with Gasteiger partial charge >= 0.3 is 0 Å². The normalized spacial score (nSPS) is 20.2. The van der Waals surface area contributed by atoms with E-state index in [2.05, 4.69) is 11.8 Å². The van der Waals surface area contributed by atoms with E-state index in [4.69, 9.17) is 15.2 Å². The van der Waals surface area contributed by atoms with Crippen LogP contribution in [0.2, 0.25) is 0 Å². The molecule has 1 aromatic carbocycles. The van der Waals surface area contributed by atoms with Gasteiger partial charge in [-0.1, -0.05) is 0 Å². The summed E-state index contributed by atoms with van der Waals surface area (Å²) >= 11 is 0. The molecular weight excluding hydrogens is 228 g/mol. The molecule has 0 amide bonds. The van der Waals surface area contributed by atoms with E-state index >= 15 is 0 Å². The van der Waals surface area contributed by atoms with Crippen molar-refractivity contribution in [2.24, 2.45) is 0 Å². The molecule has 100 valence electrons. The van der Waals surface area contributed by atoms with Crippen molar-refractivity contribution in [3.63, 3.8) is 0 Å². The standard InChI is InChI=1S/C14H22N2O2/c1-10(2)18-14-8-12(4-5-13(14)15)16-6-7-17-9-11(16)3/h4-5,8,10-11H,6-7,9,15H2,1-3H3. The minimum absolute atomic E-state index is 0.129. The van der Waals surface area contributed by atoms with Gasteiger partial charge in [0.15, 0.2) is 0 Å². The Morgan fingerprint density at radius 2 is 2.22 bits per heavy atom. The van der Waals surface area contributed by atoms with Crippen molar-refractivity contribution < 1.29 is 9.47 Å². The fourth-order valence-corrected chi connectivity index (χ4v) is 2.17. The average Bonchev–Trinajstić information content (AvgIpc) is 2.32. The highest BCUT2D eigenvalue weighted by Crippen LogP contribution is 2.30. The summed E-state index contributed by atoms with van der Waals surface area (Å²) in [6, 6.07) is 6.37. The molecule has 0 aliphatic carbocycles. The minimum atomic E-state index is 0.129. The maximum Gasteiger partial charge on any atom is 0.144 e. The van der Waals surface area contributed by atoms with E-state index in [1.807, 2.05) is 32.0 Å². The third-order valence-electron chi connectivity index (χ3n) is 3.06. The molecule has 0 spiro atoms. The van der Waals surface area contributed by atoms with Crippen LogP contribution in [-0.4, -0.2) is 31.9 Å². The first-order valence-corrected chi connectivity index (χ1v) is 6.48. The zero-order chi connectivity index (χ0) is 13.1. The first-order chi connectivity index (χ1) is 8.58. The second kappa shape index (κ2) is 5.48. The lowest BCUT2D eigenvalue weighted by Crippen LogP contribution is -2.43. The molecule has 0 radical (unpaired) electrons. The Bertz CT molecular complexity index is 407. The molecule has 1 unspecified atom stereocenters. The predicted molar refractivity (Wildman–Crippen MR) is 74.2 cm³/mol. The molecule has 1 aliphatic rings. The second-order valence-electron chi connectivity index (χ2n) is 5.01. The summed E-state index contributed by atoms with van der Waals surface area (Å²) in [5.74, 6) is 0.765. The van der Waals surface area contributed by atoms with Gasteiger partial charge in [-0.3, -0.25) is 0 Å². The highest BCUT2D eigenvalue weighted by molar-refractivity contribution is 5.62. The first kappa shape index (κ1) is 13.0. The quantitative estimate of drug-likeness (QED) is 0.836. The average molecular weight is 250 g/mol. The van der Waals surface area contributed by atoms with Gasteiger partial charge < -0.3 is 20.1 Å². The van der Waals surface area contributed by atoms with Gasteiger partial charge in [0, 0.05) is 24.3 Å². The lowest BCUT2D eigenvalue weighted by atomic mass is 10.2. The maximum atomic E-state index is 5.93.